The minimum Gasteiger partial charge on any atom is -0.348 e. The molecule has 1 aliphatic carbocycles. The number of amides is 3. The first-order valence-corrected chi connectivity index (χ1v) is 9.99. The lowest BCUT2D eigenvalue weighted by atomic mass is 9.85. The Balaban J connectivity index is 1.37. The van der Waals surface area contributed by atoms with E-state index in [4.69, 9.17) is 0 Å². The van der Waals surface area contributed by atoms with Crippen molar-refractivity contribution in [1.29, 1.82) is 0 Å². The number of benzene rings is 2. The molecule has 5 nitrogen and oxygen atoms in total. The molecule has 0 bridgehead atoms. The van der Waals surface area contributed by atoms with Crippen LogP contribution in [0.4, 0.5) is 0 Å². The van der Waals surface area contributed by atoms with Crippen LogP contribution < -0.4 is 5.32 Å². The lowest BCUT2D eigenvalue weighted by Gasteiger charge is -2.18. The van der Waals surface area contributed by atoms with Crippen molar-refractivity contribution in [2.75, 3.05) is 6.54 Å². The number of fused-ring (bicyclic) bond motifs is 1. The minimum absolute atomic E-state index is 0.211. The van der Waals surface area contributed by atoms with E-state index in [-0.39, 0.29) is 42.1 Å². The monoisotopic (exact) mass is 388 g/mol. The SMILES string of the molecule is C[C@@H](NC(=O)CN1C(=O)[C@H]2CC=CC[C@H]2C1=O)c1ccc(-c2ccccc2)cc1. The zero-order valence-corrected chi connectivity index (χ0v) is 16.4. The maximum absolute atomic E-state index is 12.5. The average Bonchev–Trinajstić information content (AvgIpc) is 2.99. The summed E-state index contributed by atoms with van der Waals surface area (Å²) < 4.78 is 0. The van der Waals surface area contributed by atoms with Crippen LogP contribution in [0.1, 0.15) is 31.4 Å². The largest absolute Gasteiger partial charge is 0.348 e. The molecule has 0 aromatic heterocycles. The molecule has 0 radical (unpaired) electrons. The molecule has 2 aromatic carbocycles. The van der Waals surface area contributed by atoms with Crippen molar-refractivity contribution in [1.82, 2.24) is 10.2 Å². The first-order valence-electron chi connectivity index (χ1n) is 9.99. The van der Waals surface area contributed by atoms with Gasteiger partial charge in [0.2, 0.25) is 17.7 Å². The van der Waals surface area contributed by atoms with E-state index in [1.54, 1.807) is 0 Å². The predicted molar refractivity (Wildman–Crippen MR) is 111 cm³/mol. The molecule has 0 unspecified atom stereocenters. The average molecular weight is 388 g/mol. The number of nitrogens with one attached hydrogen (secondary N) is 1. The molecule has 0 spiro atoms. The van der Waals surface area contributed by atoms with E-state index in [0.717, 1.165) is 21.6 Å². The van der Waals surface area contributed by atoms with Crippen LogP contribution in [0, 0.1) is 11.8 Å². The van der Waals surface area contributed by atoms with Crippen molar-refractivity contribution < 1.29 is 14.4 Å². The summed E-state index contributed by atoms with van der Waals surface area (Å²) in [6.07, 6.45) is 5.04. The van der Waals surface area contributed by atoms with Gasteiger partial charge in [0, 0.05) is 0 Å². The normalized spacial score (nSPS) is 21.8. The Kier molecular flexibility index (Phi) is 5.30. The van der Waals surface area contributed by atoms with Crippen molar-refractivity contribution >= 4 is 17.7 Å². The molecule has 0 saturated carbocycles. The molecule has 5 heteroatoms. The van der Waals surface area contributed by atoms with Gasteiger partial charge in [-0.15, -0.1) is 0 Å². The molecule has 1 saturated heterocycles. The van der Waals surface area contributed by atoms with Crippen molar-refractivity contribution in [3.05, 3.63) is 72.3 Å². The maximum Gasteiger partial charge on any atom is 0.240 e. The topological polar surface area (TPSA) is 66.5 Å². The fourth-order valence-electron chi connectivity index (χ4n) is 4.13. The number of rotatable bonds is 5. The van der Waals surface area contributed by atoms with Crippen LogP contribution in [-0.2, 0) is 14.4 Å². The van der Waals surface area contributed by atoms with Crippen LogP contribution in [0.15, 0.2) is 66.7 Å². The summed E-state index contributed by atoms with van der Waals surface area (Å²) in [4.78, 5) is 38.6. The van der Waals surface area contributed by atoms with Gasteiger partial charge in [0.15, 0.2) is 0 Å². The van der Waals surface area contributed by atoms with Crippen molar-refractivity contribution in [3.8, 4) is 11.1 Å². The smallest absolute Gasteiger partial charge is 0.240 e. The van der Waals surface area contributed by atoms with Crippen LogP contribution in [0.2, 0.25) is 0 Å². The van der Waals surface area contributed by atoms with Gasteiger partial charge in [-0.25, -0.2) is 0 Å². The second kappa shape index (κ2) is 8.03. The van der Waals surface area contributed by atoms with Crippen molar-refractivity contribution in [3.63, 3.8) is 0 Å². The van der Waals surface area contributed by atoms with Gasteiger partial charge in [-0.2, -0.15) is 0 Å². The van der Waals surface area contributed by atoms with Crippen LogP contribution in [0.3, 0.4) is 0 Å². The second-order valence-electron chi connectivity index (χ2n) is 7.70. The Hall–Kier alpha value is -3.21. The molecule has 3 amide bonds. The van der Waals surface area contributed by atoms with Gasteiger partial charge in [0.25, 0.3) is 0 Å². The van der Waals surface area contributed by atoms with E-state index in [0.29, 0.717) is 12.8 Å². The quantitative estimate of drug-likeness (QED) is 0.630. The molecule has 3 atom stereocenters. The van der Waals surface area contributed by atoms with Crippen LogP contribution in [0.25, 0.3) is 11.1 Å². The summed E-state index contributed by atoms with van der Waals surface area (Å²) in [6, 6.07) is 17.9. The summed E-state index contributed by atoms with van der Waals surface area (Å²) in [7, 11) is 0. The van der Waals surface area contributed by atoms with E-state index in [1.807, 2.05) is 61.5 Å². The number of nitrogens with zero attached hydrogens (tertiary/aromatic N) is 1. The number of carbonyl (C=O) groups excluding carboxylic acids is 3. The Bertz CT molecular complexity index is 924. The van der Waals surface area contributed by atoms with Crippen molar-refractivity contribution in [2.45, 2.75) is 25.8 Å². The molecule has 2 aromatic rings. The van der Waals surface area contributed by atoms with E-state index in [1.165, 1.54) is 0 Å². The van der Waals surface area contributed by atoms with Gasteiger partial charge in [-0.05, 0) is 36.5 Å². The van der Waals surface area contributed by atoms with Crippen LogP contribution >= 0.6 is 0 Å². The Morgan fingerprint density at radius 1 is 0.931 bits per heavy atom. The number of allylic oxidation sites excluding steroid dienone is 2. The van der Waals surface area contributed by atoms with Crippen LogP contribution in [0.5, 0.6) is 0 Å². The standard InChI is InChI=1S/C24H24N2O3/c1-16(17-11-13-19(14-12-17)18-7-3-2-4-8-18)25-22(27)15-26-23(28)20-9-5-6-10-21(20)24(26)29/h2-8,11-14,16,20-21H,9-10,15H2,1H3,(H,25,27)/t16-,20-,21+/m1/s1. The highest BCUT2D eigenvalue weighted by molar-refractivity contribution is 6.07. The minimum atomic E-state index is -0.321. The zero-order valence-electron chi connectivity index (χ0n) is 16.4. The van der Waals surface area contributed by atoms with Crippen molar-refractivity contribution in [2.24, 2.45) is 11.8 Å². The van der Waals surface area contributed by atoms with E-state index in [9.17, 15) is 14.4 Å². The molecule has 148 valence electrons. The molecule has 29 heavy (non-hydrogen) atoms. The number of hydrogen-bond acceptors (Lipinski definition) is 3. The van der Waals surface area contributed by atoms with Gasteiger partial charge < -0.3 is 5.32 Å². The Morgan fingerprint density at radius 3 is 2.07 bits per heavy atom. The molecular weight excluding hydrogens is 364 g/mol. The lowest BCUT2D eigenvalue weighted by Crippen LogP contribution is -2.41. The first-order chi connectivity index (χ1) is 14.0. The third kappa shape index (κ3) is 3.86. The fourth-order valence-corrected chi connectivity index (χ4v) is 4.13. The molecular formula is C24H24N2O3. The van der Waals surface area contributed by atoms with Gasteiger partial charge in [0.05, 0.1) is 17.9 Å². The highest BCUT2D eigenvalue weighted by atomic mass is 16.2. The number of hydrogen-bond donors (Lipinski definition) is 1. The Labute approximate surface area is 170 Å². The third-order valence-corrected chi connectivity index (χ3v) is 5.80. The van der Waals surface area contributed by atoms with E-state index in [2.05, 4.69) is 17.4 Å². The predicted octanol–water partition coefficient (Wildman–Crippen LogP) is 3.48. The Morgan fingerprint density at radius 2 is 1.48 bits per heavy atom. The number of imide groups is 1. The maximum atomic E-state index is 12.5. The summed E-state index contributed by atoms with van der Waals surface area (Å²) in [6.45, 7) is 1.68. The van der Waals surface area contributed by atoms with E-state index < -0.39 is 0 Å². The van der Waals surface area contributed by atoms with Gasteiger partial charge in [-0.1, -0.05) is 66.7 Å². The van der Waals surface area contributed by atoms with E-state index >= 15 is 0 Å². The summed E-state index contributed by atoms with van der Waals surface area (Å²) in [5, 5.41) is 2.90. The third-order valence-electron chi connectivity index (χ3n) is 5.80. The molecule has 4 rings (SSSR count). The molecule has 1 aliphatic heterocycles. The summed E-state index contributed by atoms with van der Waals surface area (Å²) in [5.74, 6) is -1.37. The van der Waals surface area contributed by atoms with Crippen LogP contribution in [-0.4, -0.2) is 29.2 Å². The molecule has 2 aliphatic rings. The molecule has 1 heterocycles. The fraction of sp³-hybridized carbons (Fsp3) is 0.292. The number of likely N-dealkylation sites (tertiary alicyclic amines) is 1. The van der Waals surface area contributed by atoms with Gasteiger partial charge in [0.1, 0.15) is 6.54 Å². The highest BCUT2D eigenvalue weighted by Crippen LogP contribution is 2.34. The van der Waals surface area contributed by atoms with Gasteiger partial charge in [-0.3, -0.25) is 19.3 Å². The van der Waals surface area contributed by atoms with Gasteiger partial charge >= 0.3 is 0 Å². The molecule has 1 N–H and O–H groups in total. The lowest BCUT2D eigenvalue weighted by molar-refractivity contribution is -0.143. The highest BCUT2D eigenvalue weighted by Gasteiger charge is 2.47. The second-order valence-corrected chi connectivity index (χ2v) is 7.70. The summed E-state index contributed by atoms with van der Waals surface area (Å²) >= 11 is 0. The number of carbonyl (C=O) groups is 3. The summed E-state index contributed by atoms with van der Waals surface area (Å²) in [5.41, 5.74) is 3.21. The molecule has 1 fully saturated rings. The first kappa shape index (κ1) is 19.1. The zero-order chi connectivity index (χ0) is 20.4.